The SMILES string of the molecule is C=CC(N)c1cccc2c1Cc1ccccc1-2. The molecule has 0 spiro atoms. The minimum atomic E-state index is -0.0701. The van der Waals surface area contributed by atoms with Crippen molar-refractivity contribution in [3.8, 4) is 11.1 Å². The van der Waals surface area contributed by atoms with Crippen LogP contribution in [-0.2, 0) is 6.42 Å². The van der Waals surface area contributed by atoms with Crippen molar-refractivity contribution in [2.45, 2.75) is 12.5 Å². The molecule has 1 nitrogen and oxygen atoms in total. The molecule has 1 heteroatoms. The molecular weight excluding hydrogens is 206 g/mol. The molecule has 0 saturated carbocycles. The van der Waals surface area contributed by atoms with E-state index < -0.39 is 0 Å². The third-order valence-corrected chi connectivity index (χ3v) is 3.50. The number of hydrogen-bond donors (Lipinski definition) is 1. The Labute approximate surface area is 102 Å². The Hall–Kier alpha value is -1.86. The van der Waals surface area contributed by atoms with Gasteiger partial charge in [-0.05, 0) is 34.2 Å². The van der Waals surface area contributed by atoms with Crippen LogP contribution >= 0.6 is 0 Å². The molecule has 1 atom stereocenters. The average molecular weight is 221 g/mol. The molecule has 17 heavy (non-hydrogen) atoms. The van der Waals surface area contributed by atoms with E-state index in [0.29, 0.717) is 0 Å². The molecule has 1 aliphatic rings. The predicted molar refractivity (Wildman–Crippen MR) is 71.8 cm³/mol. The minimum Gasteiger partial charge on any atom is -0.321 e. The maximum atomic E-state index is 6.08. The van der Waals surface area contributed by atoms with E-state index in [1.807, 2.05) is 0 Å². The molecular formula is C16H15N. The molecule has 0 bridgehead atoms. The fourth-order valence-electron chi connectivity index (χ4n) is 2.62. The van der Waals surface area contributed by atoms with Crippen molar-refractivity contribution in [2.24, 2.45) is 5.73 Å². The molecule has 0 heterocycles. The molecule has 3 rings (SSSR count). The lowest BCUT2D eigenvalue weighted by molar-refractivity contribution is 0.897. The fraction of sp³-hybridized carbons (Fsp3) is 0.125. The summed E-state index contributed by atoms with van der Waals surface area (Å²) in [5.74, 6) is 0. The largest absolute Gasteiger partial charge is 0.321 e. The van der Waals surface area contributed by atoms with Gasteiger partial charge < -0.3 is 5.73 Å². The lowest BCUT2D eigenvalue weighted by Gasteiger charge is -2.12. The first-order chi connectivity index (χ1) is 8.31. The van der Waals surface area contributed by atoms with Crippen molar-refractivity contribution in [3.63, 3.8) is 0 Å². The third kappa shape index (κ3) is 1.51. The van der Waals surface area contributed by atoms with Crippen LogP contribution in [0, 0.1) is 0 Å². The molecule has 0 aromatic heterocycles. The van der Waals surface area contributed by atoms with Gasteiger partial charge in [-0.3, -0.25) is 0 Å². The average Bonchev–Trinajstić information content (AvgIpc) is 2.76. The van der Waals surface area contributed by atoms with Gasteiger partial charge in [0, 0.05) is 6.04 Å². The second-order valence-corrected chi connectivity index (χ2v) is 4.47. The Morgan fingerprint density at radius 2 is 1.82 bits per heavy atom. The standard InChI is InChI=1S/C16H15N/c1-2-16(17)14-9-5-8-13-12-7-4-3-6-11(12)10-15(13)14/h2-9,16H,1,10,17H2. The molecule has 2 aromatic carbocycles. The first kappa shape index (κ1) is 10.3. The van der Waals surface area contributed by atoms with Gasteiger partial charge >= 0.3 is 0 Å². The van der Waals surface area contributed by atoms with Gasteiger partial charge in [-0.25, -0.2) is 0 Å². The van der Waals surface area contributed by atoms with Gasteiger partial charge in [0.05, 0.1) is 0 Å². The van der Waals surface area contributed by atoms with E-state index in [9.17, 15) is 0 Å². The molecule has 2 N–H and O–H groups in total. The number of benzene rings is 2. The van der Waals surface area contributed by atoms with Crippen LogP contribution in [0.3, 0.4) is 0 Å². The molecule has 0 radical (unpaired) electrons. The third-order valence-electron chi connectivity index (χ3n) is 3.50. The second kappa shape index (κ2) is 3.86. The smallest absolute Gasteiger partial charge is 0.0481 e. The molecule has 2 aromatic rings. The fourth-order valence-corrected chi connectivity index (χ4v) is 2.62. The van der Waals surface area contributed by atoms with Crippen molar-refractivity contribution in [3.05, 3.63) is 71.8 Å². The van der Waals surface area contributed by atoms with E-state index in [1.54, 1.807) is 6.08 Å². The minimum absolute atomic E-state index is 0.0701. The van der Waals surface area contributed by atoms with E-state index in [0.717, 1.165) is 6.42 Å². The lowest BCUT2D eigenvalue weighted by atomic mass is 9.96. The molecule has 0 aliphatic heterocycles. The van der Waals surface area contributed by atoms with Gasteiger partial charge in [-0.15, -0.1) is 6.58 Å². The van der Waals surface area contributed by atoms with E-state index in [2.05, 4.69) is 49.0 Å². The maximum Gasteiger partial charge on any atom is 0.0481 e. The van der Waals surface area contributed by atoms with Crippen LogP contribution in [0.1, 0.15) is 22.7 Å². The van der Waals surface area contributed by atoms with Crippen LogP contribution in [0.5, 0.6) is 0 Å². The summed E-state index contributed by atoms with van der Waals surface area (Å²) in [7, 11) is 0. The summed E-state index contributed by atoms with van der Waals surface area (Å²) in [6, 6.07) is 14.9. The highest BCUT2D eigenvalue weighted by atomic mass is 14.6. The molecule has 0 fully saturated rings. The summed E-state index contributed by atoms with van der Waals surface area (Å²) in [6.45, 7) is 3.79. The van der Waals surface area contributed by atoms with Crippen LogP contribution in [0.15, 0.2) is 55.1 Å². The Balaban J connectivity index is 2.20. The van der Waals surface area contributed by atoms with Crippen LogP contribution in [0.2, 0.25) is 0 Å². The molecule has 0 amide bonds. The van der Waals surface area contributed by atoms with Crippen molar-refractivity contribution >= 4 is 0 Å². The highest BCUT2D eigenvalue weighted by molar-refractivity contribution is 5.78. The summed E-state index contributed by atoms with van der Waals surface area (Å²) >= 11 is 0. The molecule has 1 aliphatic carbocycles. The highest BCUT2D eigenvalue weighted by Crippen LogP contribution is 2.39. The van der Waals surface area contributed by atoms with Crippen molar-refractivity contribution in [1.82, 2.24) is 0 Å². The van der Waals surface area contributed by atoms with Gasteiger partial charge in [0.2, 0.25) is 0 Å². The van der Waals surface area contributed by atoms with Crippen LogP contribution in [0.4, 0.5) is 0 Å². The highest BCUT2D eigenvalue weighted by Gasteiger charge is 2.21. The van der Waals surface area contributed by atoms with Crippen molar-refractivity contribution in [2.75, 3.05) is 0 Å². The van der Waals surface area contributed by atoms with Crippen LogP contribution < -0.4 is 5.73 Å². The van der Waals surface area contributed by atoms with Gasteiger partial charge in [0.15, 0.2) is 0 Å². The summed E-state index contributed by atoms with van der Waals surface area (Å²) < 4.78 is 0. The van der Waals surface area contributed by atoms with E-state index in [1.165, 1.54) is 27.8 Å². The van der Waals surface area contributed by atoms with E-state index in [4.69, 9.17) is 5.73 Å². The van der Waals surface area contributed by atoms with Crippen LogP contribution in [0.25, 0.3) is 11.1 Å². The monoisotopic (exact) mass is 221 g/mol. The first-order valence-corrected chi connectivity index (χ1v) is 5.89. The zero-order valence-electron chi connectivity index (χ0n) is 9.69. The Morgan fingerprint density at radius 3 is 2.65 bits per heavy atom. The number of nitrogens with two attached hydrogens (primary N) is 1. The maximum absolute atomic E-state index is 6.08. The topological polar surface area (TPSA) is 26.0 Å². The Kier molecular flexibility index (Phi) is 2.34. The van der Waals surface area contributed by atoms with Crippen molar-refractivity contribution < 1.29 is 0 Å². The number of hydrogen-bond acceptors (Lipinski definition) is 1. The van der Waals surface area contributed by atoms with E-state index in [-0.39, 0.29) is 6.04 Å². The Bertz CT molecular complexity index is 584. The normalized spacial score (nSPS) is 13.9. The first-order valence-electron chi connectivity index (χ1n) is 5.89. The quantitative estimate of drug-likeness (QED) is 0.659. The van der Waals surface area contributed by atoms with Crippen LogP contribution in [-0.4, -0.2) is 0 Å². The van der Waals surface area contributed by atoms with Gasteiger partial charge in [-0.2, -0.15) is 0 Å². The summed E-state index contributed by atoms with van der Waals surface area (Å²) in [4.78, 5) is 0. The lowest BCUT2D eigenvalue weighted by Crippen LogP contribution is -2.09. The summed E-state index contributed by atoms with van der Waals surface area (Å²) in [5.41, 5.74) is 12.7. The van der Waals surface area contributed by atoms with Gasteiger partial charge in [0.25, 0.3) is 0 Å². The predicted octanol–water partition coefficient (Wildman–Crippen LogP) is 3.44. The molecule has 0 saturated heterocycles. The zero-order chi connectivity index (χ0) is 11.8. The molecule has 1 unspecified atom stereocenters. The number of fused-ring (bicyclic) bond motifs is 3. The summed E-state index contributed by atoms with van der Waals surface area (Å²) in [6.07, 6.45) is 2.79. The van der Waals surface area contributed by atoms with Gasteiger partial charge in [0.1, 0.15) is 0 Å². The van der Waals surface area contributed by atoms with E-state index >= 15 is 0 Å². The van der Waals surface area contributed by atoms with Crippen molar-refractivity contribution in [1.29, 1.82) is 0 Å². The molecule has 84 valence electrons. The summed E-state index contributed by atoms with van der Waals surface area (Å²) in [5, 5.41) is 0. The Morgan fingerprint density at radius 1 is 1.06 bits per heavy atom. The second-order valence-electron chi connectivity index (χ2n) is 4.47. The van der Waals surface area contributed by atoms with Gasteiger partial charge in [-0.1, -0.05) is 48.5 Å². The number of rotatable bonds is 2. The zero-order valence-corrected chi connectivity index (χ0v) is 9.69.